The molecule has 0 aliphatic carbocycles. The van der Waals surface area contributed by atoms with Crippen molar-refractivity contribution < 1.29 is 143 Å². The summed E-state index contributed by atoms with van der Waals surface area (Å²) in [6.45, 7) is -4.87. The molecule has 30 heteroatoms. The predicted octanol–water partition coefficient (Wildman–Crippen LogP) is -11.8. The lowest BCUT2D eigenvalue weighted by molar-refractivity contribution is -0.392. The van der Waals surface area contributed by atoms with Gasteiger partial charge in [0, 0.05) is 0 Å². The number of hydrogen-bond acceptors (Lipinski definition) is 27. The maximum Gasteiger partial charge on any atom is 0.469 e. The highest BCUT2D eigenvalue weighted by Gasteiger charge is 2.56. The van der Waals surface area contributed by atoms with Gasteiger partial charge >= 0.3 is 7.82 Å². The fraction of sp³-hybridized carbons (Fsp3) is 1.00. The number of rotatable bonds is 15. The van der Waals surface area contributed by atoms with E-state index < -0.39 is 194 Å². The molecule has 5 aliphatic heterocycles. The molecule has 0 aromatic carbocycles. The minimum absolute atomic E-state index is 0.827. The molecule has 352 valence electrons. The number of aliphatic hydroxyl groups excluding tert-OH is 16. The fourth-order valence-electron chi connectivity index (χ4n) is 7.19. The molecule has 0 radical (unpaired) electrons. The molecular formula is C30H53O29P. The first-order valence-corrected chi connectivity index (χ1v) is 19.9. The van der Waals surface area contributed by atoms with Crippen LogP contribution in [0.2, 0.25) is 0 Å². The normalized spacial score (nSPS) is 50.7. The molecule has 5 heterocycles. The number of phosphoric acid groups is 1. The second kappa shape index (κ2) is 21.0. The average molecular weight is 909 g/mol. The van der Waals surface area contributed by atoms with Crippen molar-refractivity contribution in [2.75, 3.05) is 33.0 Å². The molecular weight excluding hydrogens is 855 g/mol. The van der Waals surface area contributed by atoms with Crippen molar-refractivity contribution >= 4 is 7.82 Å². The Morgan fingerprint density at radius 1 is 0.367 bits per heavy atom. The van der Waals surface area contributed by atoms with Crippen LogP contribution >= 0.6 is 7.82 Å². The van der Waals surface area contributed by atoms with Crippen LogP contribution in [-0.4, -0.2) is 278 Å². The van der Waals surface area contributed by atoms with Gasteiger partial charge in [-0.2, -0.15) is 0 Å². The summed E-state index contributed by atoms with van der Waals surface area (Å²) in [6, 6.07) is 0. The molecule has 5 rings (SSSR count). The van der Waals surface area contributed by atoms with E-state index in [0.717, 1.165) is 0 Å². The summed E-state index contributed by atoms with van der Waals surface area (Å²) in [4.78, 5) is 18.2. The highest BCUT2D eigenvalue weighted by Crippen LogP contribution is 2.39. The Morgan fingerprint density at radius 3 is 1.00 bits per heavy atom. The van der Waals surface area contributed by atoms with E-state index in [1.807, 2.05) is 0 Å². The highest BCUT2D eigenvalue weighted by atomic mass is 31.2. The van der Waals surface area contributed by atoms with E-state index in [-0.39, 0.29) is 0 Å². The number of ether oxygens (including phenoxy) is 9. The molecule has 1 unspecified atom stereocenters. The van der Waals surface area contributed by atoms with E-state index in [9.17, 15) is 86.3 Å². The molecule has 29 nitrogen and oxygen atoms in total. The quantitative estimate of drug-likeness (QED) is 0.0678. The van der Waals surface area contributed by atoms with Crippen LogP contribution in [0.4, 0.5) is 0 Å². The van der Waals surface area contributed by atoms with E-state index in [4.69, 9.17) is 52.4 Å². The van der Waals surface area contributed by atoms with Crippen LogP contribution in [0.15, 0.2) is 0 Å². The topological polar surface area (TPSA) is 474 Å². The number of phosphoric ester groups is 1. The Balaban J connectivity index is 1.23. The lowest BCUT2D eigenvalue weighted by Crippen LogP contribution is -2.68. The van der Waals surface area contributed by atoms with Crippen molar-refractivity contribution in [3.63, 3.8) is 0 Å². The highest BCUT2D eigenvalue weighted by molar-refractivity contribution is 7.46. The Morgan fingerprint density at radius 2 is 0.667 bits per heavy atom. The lowest BCUT2D eigenvalue weighted by Gasteiger charge is -2.49. The Hall–Kier alpha value is -0.890. The first kappa shape index (κ1) is 50.1. The molecule has 5 aliphatic rings. The standard InChI is InChI=1S/C30H53O29P/c31-1-6-11(35)12(36)18(42)27(52-6)56-22-7(2-32)53-28(19(43)14(22)38)57-23-8(3-33)54-29(20(44)15(23)39)58-24-9(4-34)55-30(21(45)16(24)40)59-25-10(5-50-60(47,48)49)51-26(46)17(41)13(25)37/h6-46H,1-5H2,(H2,47,48,49)/t6-,7-,8-,9-,10-,11-,12+,13-,14-,15-,16-,17-,18-,19-,20-,21-,22-,23-,24-,25-,26?,27-,28-,29-,30-/m1/s1. The lowest BCUT2D eigenvalue weighted by atomic mass is 9.95. The summed E-state index contributed by atoms with van der Waals surface area (Å²) in [7, 11) is -5.15. The molecule has 25 atom stereocenters. The van der Waals surface area contributed by atoms with E-state index in [1.165, 1.54) is 0 Å². The third-order valence-corrected chi connectivity index (χ3v) is 11.0. The van der Waals surface area contributed by atoms with Crippen molar-refractivity contribution in [3.8, 4) is 0 Å². The summed E-state index contributed by atoms with van der Waals surface area (Å²) >= 11 is 0. The zero-order valence-electron chi connectivity index (χ0n) is 31.0. The molecule has 0 saturated carbocycles. The van der Waals surface area contributed by atoms with Crippen molar-refractivity contribution in [2.45, 2.75) is 154 Å². The summed E-state index contributed by atoms with van der Waals surface area (Å²) < 4.78 is 64.6. The third kappa shape index (κ3) is 10.8. The molecule has 5 fully saturated rings. The summed E-state index contributed by atoms with van der Waals surface area (Å²) in [6.07, 6.45) is -47.9. The van der Waals surface area contributed by atoms with Crippen molar-refractivity contribution in [1.29, 1.82) is 0 Å². The minimum atomic E-state index is -5.15. The van der Waals surface area contributed by atoms with Crippen LogP contribution < -0.4 is 0 Å². The second-order valence-corrected chi connectivity index (χ2v) is 15.8. The smallest absolute Gasteiger partial charge is 0.394 e. The van der Waals surface area contributed by atoms with Gasteiger partial charge in [-0.05, 0) is 0 Å². The van der Waals surface area contributed by atoms with Crippen molar-refractivity contribution in [3.05, 3.63) is 0 Å². The van der Waals surface area contributed by atoms with Gasteiger partial charge in [0.05, 0.1) is 33.0 Å². The Kier molecular flexibility index (Phi) is 17.5. The molecule has 5 saturated heterocycles. The number of hydrogen-bond donors (Lipinski definition) is 18. The first-order valence-electron chi connectivity index (χ1n) is 18.4. The van der Waals surface area contributed by atoms with Gasteiger partial charge in [0.15, 0.2) is 31.5 Å². The van der Waals surface area contributed by atoms with E-state index in [2.05, 4.69) is 4.52 Å². The van der Waals surface area contributed by atoms with E-state index in [0.29, 0.717) is 0 Å². The summed E-state index contributed by atoms with van der Waals surface area (Å²) in [5.74, 6) is 0. The van der Waals surface area contributed by atoms with Crippen LogP contribution in [0, 0.1) is 0 Å². The Bertz CT molecular complexity index is 1380. The molecule has 0 amide bonds. The molecule has 0 bridgehead atoms. The van der Waals surface area contributed by atoms with Gasteiger partial charge in [0.1, 0.15) is 122 Å². The van der Waals surface area contributed by atoms with Gasteiger partial charge in [-0.15, -0.1) is 0 Å². The third-order valence-electron chi connectivity index (χ3n) is 10.5. The number of aliphatic hydroxyl groups is 16. The zero-order valence-corrected chi connectivity index (χ0v) is 31.9. The largest absolute Gasteiger partial charge is 0.469 e. The second-order valence-electron chi connectivity index (χ2n) is 14.6. The summed E-state index contributed by atoms with van der Waals surface area (Å²) in [5, 5.41) is 167. The maximum atomic E-state index is 11.3. The van der Waals surface area contributed by atoms with Crippen LogP contribution in [0.25, 0.3) is 0 Å². The predicted molar refractivity (Wildman–Crippen MR) is 177 cm³/mol. The van der Waals surface area contributed by atoms with Crippen LogP contribution in [-0.2, 0) is 51.7 Å². The van der Waals surface area contributed by atoms with Gasteiger partial charge in [0.2, 0.25) is 0 Å². The van der Waals surface area contributed by atoms with Gasteiger partial charge in [0.25, 0.3) is 0 Å². The van der Waals surface area contributed by atoms with Gasteiger partial charge < -0.3 is 134 Å². The van der Waals surface area contributed by atoms with Gasteiger partial charge in [-0.3, -0.25) is 4.52 Å². The van der Waals surface area contributed by atoms with Crippen LogP contribution in [0.3, 0.4) is 0 Å². The van der Waals surface area contributed by atoms with Crippen molar-refractivity contribution in [1.82, 2.24) is 0 Å². The van der Waals surface area contributed by atoms with Crippen LogP contribution in [0.5, 0.6) is 0 Å². The summed E-state index contributed by atoms with van der Waals surface area (Å²) in [5.41, 5.74) is 0. The van der Waals surface area contributed by atoms with Gasteiger partial charge in [-0.25, -0.2) is 4.57 Å². The monoisotopic (exact) mass is 908 g/mol. The molecule has 0 spiro atoms. The molecule has 0 aromatic heterocycles. The molecule has 18 N–H and O–H groups in total. The fourth-order valence-corrected chi connectivity index (χ4v) is 7.53. The molecule has 60 heavy (non-hydrogen) atoms. The maximum absolute atomic E-state index is 11.3. The first-order chi connectivity index (χ1) is 28.2. The average Bonchev–Trinajstić information content (AvgIpc) is 3.21. The van der Waals surface area contributed by atoms with Gasteiger partial charge in [-0.1, -0.05) is 0 Å². The Labute approximate surface area is 337 Å². The van der Waals surface area contributed by atoms with Crippen LogP contribution in [0.1, 0.15) is 0 Å². The van der Waals surface area contributed by atoms with Crippen molar-refractivity contribution in [2.24, 2.45) is 0 Å². The van der Waals surface area contributed by atoms with E-state index >= 15 is 0 Å². The molecule has 0 aromatic rings. The minimum Gasteiger partial charge on any atom is -0.394 e. The zero-order chi connectivity index (χ0) is 44.5. The SMILES string of the molecule is O=P(O)(O)OC[C@H]1OC(O)[C@H](O)[C@@H](O)[C@@H]1O[C@H]1O[C@H](CO)[C@@H](O[C@H]2O[C@H](CO)[C@@H](O[C@H]3O[C@H](CO)[C@@H](O[C@H]4O[C@H](CO)[C@@H](O)[C@H](O)[C@H]4O)[C@H](O)[C@H]3O)[C@H](O)[C@H]2O)[C@H](O)[C@H]1O. The van der Waals surface area contributed by atoms with E-state index in [1.54, 1.807) is 0 Å².